The number of benzene rings is 2. The van der Waals surface area contributed by atoms with Crippen LogP contribution in [-0.2, 0) is 17.8 Å². The molecule has 0 unspecified atom stereocenters. The topological polar surface area (TPSA) is 30.5 Å². The molecule has 2 rings (SSSR count). The zero-order valence-electron chi connectivity index (χ0n) is 14.5. The second-order valence-corrected chi connectivity index (χ2v) is 6.40. The molecule has 2 aromatic carbocycles. The molecule has 0 aromatic heterocycles. The lowest BCUT2D eigenvalue weighted by Gasteiger charge is -2.16. The van der Waals surface area contributed by atoms with Gasteiger partial charge in [0.1, 0.15) is 12.4 Å². The van der Waals surface area contributed by atoms with E-state index in [0.717, 1.165) is 23.3 Å². The van der Waals surface area contributed by atoms with Crippen molar-refractivity contribution < 1.29 is 13.9 Å². The normalized spacial score (nSPS) is 10.4. The number of alkyl halides is 1. The van der Waals surface area contributed by atoms with Gasteiger partial charge in [-0.1, -0.05) is 30.7 Å². The van der Waals surface area contributed by atoms with Gasteiger partial charge < -0.3 is 14.8 Å². The van der Waals surface area contributed by atoms with Crippen LogP contribution in [0.2, 0.25) is 5.02 Å². The van der Waals surface area contributed by atoms with Gasteiger partial charge >= 0.3 is 0 Å². The second-order valence-electron chi connectivity index (χ2n) is 5.62. The largest absolute Gasteiger partial charge is 0.488 e. The molecule has 0 atom stereocenters. The first-order valence-corrected chi connectivity index (χ1v) is 8.75. The number of rotatable bonds is 6. The fourth-order valence-electron chi connectivity index (χ4n) is 2.55. The minimum absolute atomic E-state index is 0.0506. The van der Waals surface area contributed by atoms with E-state index in [1.165, 1.54) is 11.1 Å². The van der Waals surface area contributed by atoms with Crippen LogP contribution in [0.5, 0.6) is 5.75 Å². The van der Waals surface area contributed by atoms with Gasteiger partial charge in [0.25, 0.3) is 5.17 Å². The molecule has 2 aromatic rings. The van der Waals surface area contributed by atoms with Crippen molar-refractivity contribution in [3.05, 3.63) is 57.6 Å². The Bertz CT molecular complexity index is 767. The number of ether oxygens (including phenoxy) is 2. The molecule has 0 fully saturated rings. The van der Waals surface area contributed by atoms with Crippen LogP contribution < -0.4 is 10.1 Å². The van der Waals surface area contributed by atoms with Gasteiger partial charge in [0.2, 0.25) is 6.86 Å². The fraction of sp³-hybridized carbons (Fsp3) is 0.316. The lowest BCUT2D eigenvalue weighted by molar-refractivity contribution is 0.184. The van der Waals surface area contributed by atoms with E-state index >= 15 is 0 Å². The van der Waals surface area contributed by atoms with Gasteiger partial charge in [-0.15, -0.1) is 0 Å². The maximum Gasteiger partial charge on any atom is 0.263 e. The highest BCUT2D eigenvalue weighted by atomic mass is 35.5. The smallest absolute Gasteiger partial charge is 0.263 e. The number of halogens is 2. The van der Waals surface area contributed by atoms with E-state index in [4.69, 9.17) is 28.6 Å². The van der Waals surface area contributed by atoms with Gasteiger partial charge in [-0.2, -0.15) is 0 Å². The number of hydrogen-bond donors (Lipinski definition) is 1. The first-order chi connectivity index (χ1) is 12.0. The van der Waals surface area contributed by atoms with Crippen molar-refractivity contribution in [2.75, 3.05) is 12.2 Å². The Morgan fingerprint density at radius 2 is 2.00 bits per heavy atom. The summed E-state index contributed by atoms with van der Waals surface area (Å²) >= 11 is 11.2. The summed E-state index contributed by atoms with van der Waals surface area (Å²) < 4.78 is 22.9. The van der Waals surface area contributed by atoms with E-state index in [1.54, 1.807) is 18.2 Å². The Kier molecular flexibility index (Phi) is 7.02. The Morgan fingerprint density at radius 3 is 2.68 bits per heavy atom. The average Bonchev–Trinajstić information content (AvgIpc) is 2.57. The minimum atomic E-state index is -0.986. The number of hydrogen-bond acceptors (Lipinski definition) is 3. The summed E-state index contributed by atoms with van der Waals surface area (Å²) in [5, 5.41) is 3.32. The van der Waals surface area contributed by atoms with Crippen LogP contribution >= 0.6 is 23.8 Å². The molecule has 0 saturated heterocycles. The molecule has 0 amide bonds. The van der Waals surface area contributed by atoms with Gasteiger partial charge in [-0.3, -0.25) is 0 Å². The molecule has 0 spiro atoms. The highest BCUT2D eigenvalue weighted by Crippen LogP contribution is 2.29. The van der Waals surface area contributed by atoms with E-state index in [1.807, 2.05) is 13.0 Å². The molecule has 0 aliphatic rings. The highest BCUT2D eigenvalue weighted by molar-refractivity contribution is 7.80. The molecule has 0 bridgehead atoms. The zero-order valence-corrected chi connectivity index (χ0v) is 16.1. The average molecular weight is 382 g/mol. The summed E-state index contributed by atoms with van der Waals surface area (Å²) in [5.74, 6) is 0.808. The van der Waals surface area contributed by atoms with Gasteiger partial charge in [-0.25, -0.2) is 4.39 Å². The van der Waals surface area contributed by atoms with E-state index in [0.29, 0.717) is 10.7 Å². The number of aryl methyl sites for hydroxylation is 3. The Hall–Kier alpha value is -1.85. The minimum Gasteiger partial charge on any atom is -0.488 e. The Labute approximate surface area is 158 Å². The van der Waals surface area contributed by atoms with Crippen LogP contribution in [0.4, 0.5) is 10.1 Å². The van der Waals surface area contributed by atoms with E-state index in [9.17, 15) is 4.39 Å². The molecule has 6 heteroatoms. The highest BCUT2D eigenvalue weighted by Gasteiger charge is 2.12. The van der Waals surface area contributed by atoms with Crippen molar-refractivity contribution in [1.82, 2.24) is 0 Å². The van der Waals surface area contributed by atoms with E-state index < -0.39 is 6.86 Å². The lowest BCUT2D eigenvalue weighted by Crippen LogP contribution is -2.14. The summed E-state index contributed by atoms with van der Waals surface area (Å²) in [7, 11) is 0. The summed E-state index contributed by atoms with van der Waals surface area (Å²) in [6.07, 6.45) is 0.984. The third-order valence-corrected chi connectivity index (χ3v) is 4.50. The monoisotopic (exact) mass is 381 g/mol. The summed E-state index contributed by atoms with van der Waals surface area (Å²) in [5.41, 5.74) is 4.92. The first kappa shape index (κ1) is 19.5. The molecular weight excluding hydrogens is 361 g/mol. The summed E-state index contributed by atoms with van der Waals surface area (Å²) in [6.45, 7) is 5.49. The van der Waals surface area contributed by atoms with Crippen molar-refractivity contribution in [3.8, 4) is 5.75 Å². The van der Waals surface area contributed by atoms with Crippen LogP contribution in [0.1, 0.15) is 29.2 Å². The molecule has 134 valence electrons. The van der Waals surface area contributed by atoms with Crippen LogP contribution in [0.15, 0.2) is 30.3 Å². The van der Waals surface area contributed by atoms with Crippen LogP contribution in [0.3, 0.4) is 0 Å². The second kappa shape index (κ2) is 9.02. The lowest BCUT2D eigenvalue weighted by atomic mass is 10.0. The van der Waals surface area contributed by atoms with Crippen molar-refractivity contribution in [1.29, 1.82) is 0 Å². The molecule has 0 radical (unpaired) electrons. The molecular formula is C19H21ClFNO2S. The number of thiocarbonyl (C=S) groups is 1. The molecule has 0 heterocycles. The molecule has 0 saturated carbocycles. The van der Waals surface area contributed by atoms with Gasteiger partial charge in [0, 0.05) is 16.3 Å². The summed E-state index contributed by atoms with van der Waals surface area (Å²) in [4.78, 5) is 0. The molecule has 3 nitrogen and oxygen atoms in total. The first-order valence-electron chi connectivity index (χ1n) is 7.96. The third kappa shape index (κ3) is 5.06. The number of anilines is 1. The zero-order chi connectivity index (χ0) is 18.4. The van der Waals surface area contributed by atoms with E-state index in [2.05, 4.69) is 30.0 Å². The van der Waals surface area contributed by atoms with Gasteiger partial charge in [-0.05, 0) is 67.4 Å². The fourth-order valence-corrected chi connectivity index (χ4v) is 2.94. The summed E-state index contributed by atoms with van der Waals surface area (Å²) in [6, 6.07) is 9.51. The predicted molar refractivity (Wildman–Crippen MR) is 104 cm³/mol. The maximum atomic E-state index is 12.2. The van der Waals surface area contributed by atoms with Crippen LogP contribution in [0, 0.1) is 13.8 Å². The third-order valence-electron chi connectivity index (χ3n) is 3.93. The van der Waals surface area contributed by atoms with E-state index in [-0.39, 0.29) is 11.8 Å². The van der Waals surface area contributed by atoms with Crippen molar-refractivity contribution in [3.63, 3.8) is 0 Å². The van der Waals surface area contributed by atoms with Crippen molar-refractivity contribution >= 4 is 34.7 Å². The molecule has 0 aliphatic carbocycles. The predicted octanol–water partition coefficient (Wildman–Crippen LogP) is 5.74. The van der Waals surface area contributed by atoms with Crippen molar-refractivity contribution in [2.24, 2.45) is 0 Å². The van der Waals surface area contributed by atoms with Gasteiger partial charge in [0.05, 0.1) is 0 Å². The Morgan fingerprint density at radius 1 is 1.24 bits per heavy atom. The molecule has 0 aliphatic heterocycles. The quantitative estimate of drug-likeness (QED) is 0.646. The standard InChI is InChI=1S/C19H21ClFNO2S/c1-4-14-8-13(3)18(9-12(14)2)23-10-15-16(20)6-5-7-17(15)22-19(25)24-11-21/h5-9H,4,10-11H2,1-3H3,(H,22,25). The maximum absolute atomic E-state index is 12.2. The molecule has 25 heavy (non-hydrogen) atoms. The number of nitrogens with one attached hydrogen (secondary N) is 1. The Balaban J connectivity index is 2.20. The van der Waals surface area contributed by atoms with Crippen molar-refractivity contribution in [2.45, 2.75) is 33.8 Å². The van der Waals surface area contributed by atoms with Gasteiger partial charge in [0.15, 0.2) is 0 Å². The molecule has 1 N–H and O–H groups in total. The van der Waals surface area contributed by atoms with Crippen LogP contribution in [0.25, 0.3) is 0 Å². The SMILES string of the molecule is CCc1cc(C)c(OCc2c(Cl)cccc2NC(=S)OCF)cc1C. The van der Waals surface area contributed by atoms with Crippen LogP contribution in [-0.4, -0.2) is 12.0 Å².